The van der Waals surface area contributed by atoms with Gasteiger partial charge in [0.15, 0.2) is 0 Å². The molecule has 19 heavy (non-hydrogen) atoms. The van der Waals surface area contributed by atoms with Gasteiger partial charge in [0.25, 0.3) is 0 Å². The lowest BCUT2D eigenvalue weighted by molar-refractivity contribution is 0.145. The van der Waals surface area contributed by atoms with E-state index in [1.54, 1.807) is 0 Å². The lowest BCUT2D eigenvalue weighted by Crippen LogP contribution is -2.04. The summed E-state index contributed by atoms with van der Waals surface area (Å²) >= 11 is 3.48. The molecule has 2 heteroatoms. The van der Waals surface area contributed by atoms with Crippen LogP contribution in [0.25, 0.3) is 10.8 Å². The van der Waals surface area contributed by atoms with E-state index in [4.69, 9.17) is 0 Å². The van der Waals surface area contributed by atoms with Gasteiger partial charge in [-0.3, -0.25) is 0 Å². The largest absolute Gasteiger partial charge is 0.388 e. The molecule has 1 nitrogen and oxygen atoms in total. The molecule has 0 aromatic heterocycles. The molecule has 0 bridgehead atoms. The summed E-state index contributed by atoms with van der Waals surface area (Å²) in [5.74, 6) is 0.570. The number of aliphatic hydroxyl groups is 1. The monoisotopic (exact) mass is 320 g/mol. The van der Waals surface area contributed by atoms with Crippen LogP contribution < -0.4 is 0 Å². The minimum absolute atomic E-state index is 0.352. The standard InChI is InChI=1S/C17H21BrO/c1-3-4-12(2)9-17(19)15-6-5-14-11-16(18)8-7-13(14)10-15/h5-8,10-12,17,19H,3-4,9H2,1-2H3. The maximum atomic E-state index is 10.3. The van der Waals surface area contributed by atoms with Crippen molar-refractivity contribution < 1.29 is 5.11 Å². The molecule has 0 aliphatic rings. The number of aliphatic hydroxyl groups excluding tert-OH is 1. The fourth-order valence-electron chi connectivity index (χ4n) is 2.57. The predicted octanol–water partition coefficient (Wildman–Crippen LogP) is 5.46. The highest BCUT2D eigenvalue weighted by molar-refractivity contribution is 9.10. The molecule has 0 heterocycles. The Labute approximate surface area is 123 Å². The minimum Gasteiger partial charge on any atom is -0.388 e. The van der Waals surface area contributed by atoms with Gasteiger partial charge in [0.2, 0.25) is 0 Å². The quantitative estimate of drug-likeness (QED) is 0.775. The van der Waals surface area contributed by atoms with Gasteiger partial charge >= 0.3 is 0 Å². The first kappa shape index (κ1) is 14.5. The molecule has 0 aliphatic heterocycles. The van der Waals surface area contributed by atoms with Crippen LogP contribution in [0.2, 0.25) is 0 Å². The second kappa shape index (κ2) is 6.53. The zero-order chi connectivity index (χ0) is 13.8. The molecule has 0 saturated heterocycles. The van der Waals surface area contributed by atoms with Crippen molar-refractivity contribution >= 4 is 26.7 Å². The summed E-state index contributed by atoms with van der Waals surface area (Å²) in [4.78, 5) is 0. The van der Waals surface area contributed by atoms with Gasteiger partial charge in [0.05, 0.1) is 6.10 Å². The molecule has 0 spiro atoms. The van der Waals surface area contributed by atoms with Crippen molar-refractivity contribution in [1.82, 2.24) is 0 Å². The normalized spacial score (nSPS) is 14.5. The van der Waals surface area contributed by atoms with Gasteiger partial charge in [-0.2, -0.15) is 0 Å². The van der Waals surface area contributed by atoms with E-state index in [1.807, 2.05) is 12.1 Å². The fraction of sp³-hybridized carbons (Fsp3) is 0.412. The molecule has 2 atom stereocenters. The summed E-state index contributed by atoms with van der Waals surface area (Å²) in [6, 6.07) is 12.5. The highest BCUT2D eigenvalue weighted by Gasteiger charge is 2.12. The molecule has 2 aromatic carbocycles. The van der Waals surface area contributed by atoms with E-state index in [9.17, 15) is 5.11 Å². The van der Waals surface area contributed by atoms with Crippen molar-refractivity contribution in [2.24, 2.45) is 5.92 Å². The highest BCUT2D eigenvalue weighted by atomic mass is 79.9. The Bertz CT molecular complexity index is 550. The van der Waals surface area contributed by atoms with Gasteiger partial charge in [-0.25, -0.2) is 0 Å². The lowest BCUT2D eigenvalue weighted by Gasteiger charge is -2.16. The van der Waals surface area contributed by atoms with Crippen molar-refractivity contribution in [3.8, 4) is 0 Å². The Hall–Kier alpha value is -0.860. The van der Waals surface area contributed by atoms with Crippen LogP contribution in [0.3, 0.4) is 0 Å². The first-order valence-electron chi connectivity index (χ1n) is 6.97. The average Bonchev–Trinajstić information content (AvgIpc) is 2.38. The number of hydrogen-bond donors (Lipinski definition) is 1. The SMILES string of the molecule is CCCC(C)CC(O)c1ccc2cc(Br)ccc2c1. The van der Waals surface area contributed by atoms with E-state index in [2.05, 4.69) is 54.0 Å². The van der Waals surface area contributed by atoms with Gasteiger partial charge in [-0.05, 0) is 46.9 Å². The van der Waals surface area contributed by atoms with Gasteiger partial charge in [-0.15, -0.1) is 0 Å². The molecule has 0 aliphatic carbocycles. The van der Waals surface area contributed by atoms with Crippen LogP contribution in [0, 0.1) is 5.92 Å². The smallest absolute Gasteiger partial charge is 0.0792 e. The molecule has 102 valence electrons. The van der Waals surface area contributed by atoms with Gasteiger partial charge in [0.1, 0.15) is 0 Å². The summed E-state index contributed by atoms with van der Waals surface area (Å²) in [6.45, 7) is 4.40. The Kier molecular flexibility index (Phi) is 5.00. The van der Waals surface area contributed by atoms with Crippen molar-refractivity contribution in [1.29, 1.82) is 0 Å². The van der Waals surface area contributed by atoms with Gasteiger partial charge in [-0.1, -0.05) is 60.8 Å². The number of halogens is 1. The first-order chi connectivity index (χ1) is 9.10. The molecule has 1 N–H and O–H groups in total. The molecular formula is C17H21BrO. The predicted molar refractivity (Wildman–Crippen MR) is 85.3 cm³/mol. The third-order valence-electron chi connectivity index (χ3n) is 3.62. The molecule has 2 unspecified atom stereocenters. The summed E-state index contributed by atoms with van der Waals surface area (Å²) in [5.41, 5.74) is 1.03. The van der Waals surface area contributed by atoms with E-state index >= 15 is 0 Å². The van der Waals surface area contributed by atoms with Crippen molar-refractivity contribution in [2.75, 3.05) is 0 Å². The summed E-state index contributed by atoms with van der Waals surface area (Å²) in [7, 11) is 0. The molecule has 0 radical (unpaired) electrons. The van der Waals surface area contributed by atoms with E-state index < -0.39 is 0 Å². The topological polar surface area (TPSA) is 20.2 Å². The maximum absolute atomic E-state index is 10.3. The van der Waals surface area contributed by atoms with Crippen LogP contribution in [0.15, 0.2) is 40.9 Å². The zero-order valence-electron chi connectivity index (χ0n) is 11.6. The van der Waals surface area contributed by atoms with Crippen LogP contribution >= 0.6 is 15.9 Å². The highest BCUT2D eigenvalue weighted by Crippen LogP contribution is 2.27. The number of rotatable bonds is 5. The Morgan fingerprint density at radius 1 is 1.11 bits per heavy atom. The third kappa shape index (κ3) is 3.80. The van der Waals surface area contributed by atoms with Crippen LogP contribution in [-0.2, 0) is 0 Å². The Balaban J connectivity index is 2.18. The van der Waals surface area contributed by atoms with Crippen LogP contribution in [0.4, 0.5) is 0 Å². The molecule has 2 rings (SSSR count). The van der Waals surface area contributed by atoms with E-state index in [0.717, 1.165) is 16.5 Å². The van der Waals surface area contributed by atoms with Crippen molar-refractivity contribution in [2.45, 2.75) is 39.2 Å². The molecule has 2 aromatic rings. The van der Waals surface area contributed by atoms with E-state index in [-0.39, 0.29) is 6.10 Å². The van der Waals surface area contributed by atoms with Crippen molar-refractivity contribution in [3.63, 3.8) is 0 Å². The zero-order valence-corrected chi connectivity index (χ0v) is 13.2. The molecule has 0 saturated carbocycles. The molecule has 0 fully saturated rings. The average molecular weight is 321 g/mol. The maximum Gasteiger partial charge on any atom is 0.0792 e. The van der Waals surface area contributed by atoms with Crippen LogP contribution in [0.1, 0.15) is 44.8 Å². The van der Waals surface area contributed by atoms with Crippen LogP contribution in [0.5, 0.6) is 0 Å². The Morgan fingerprint density at radius 2 is 1.79 bits per heavy atom. The second-order valence-corrected chi connectivity index (χ2v) is 6.31. The summed E-state index contributed by atoms with van der Waals surface area (Å²) < 4.78 is 1.09. The first-order valence-corrected chi connectivity index (χ1v) is 7.76. The van der Waals surface area contributed by atoms with Gasteiger partial charge < -0.3 is 5.11 Å². The van der Waals surface area contributed by atoms with E-state index in [1.165, 1.54) is 23.6 Å². The Morgan fingerprint density at radius 3 is 2.53 bits per heavy atom. The fourth-order valence-corrected chi connectivity index (χ4v) is 2.95. The summed E-state index contributed by atoms with van der Waals surface area (Å²) in [6.07, 6.45) is 2.85. The molecule has 0 amide bonds. The minimum atomic E-state index is -0.352. The second-order valence-electron chi connectivity index (χ2n) is 5.40. The number of benzene rings is 2. The third-order valence-corrected chi connectivity index (χ3v) is 4.11. The van der Waals surface area contributed by atoms with Gasteiger partial charge in [0, 0.05) is 4.47 Å². The number of hydrogen-bond acceptors (Lipinski definition) is 1. The van der Waals surface area contributed by atoms with Crippen molar-refractivity contribution in [3.05, 3.63) is 46.4 Å². The molecular weight excluding hydrogens is 300 g/mol. The summed E-state index contributed by atoms with van der Waals surface area (Å²) in [5, 5.41) is 12.7. The van der Waals surface area contributed by atoms with E-state index in [0.29, 0.717) is 5.92 Å². The number of fused-ring (bicyclic) bond motifs is 1. The van der Waals surface area contributed by atoms with Crippen LogP contribution in [-0.4, -0.2) is 5.11 Å². The lowest BCUT2D eigenvalue weighted by atomic mass is 9.94.